The third kappa shape index (κ3) is 2.29. The number of halogens is 4. The first kappa shape index (κ1) is 9.74. The molecule has 3 nitrogen and oxygen atoms in total. The highest BCUT2D eigenvalue weighted by Crippen LogP contribution is 2.28. The van der Waals surface area contributed by atoms with E-state index in [2.05, 4.69) is 9.97 Å². The molecule has 0 aliphatic rings. The van der Waals surface area contributed by atoms with E-state index >= 15 is 0 Å². The Balaban J connectivity index is 3.26. The van der Waals surface area contributed by atoms with Gasteiger partial charge in [0.15, 0.2) is 5.69 Å². The van der Waals surface area contributed by atoms with E-state index < -0.39 is 22.8 Å². The fourth-order valence-electron chi connectivity index (χ4n) is 0.613. The minimum Gasteiger partial charge on any atom is -0.214 e. The zero-order valence-electron chi connectivity index (χ0n) is 5.93. The summed E-state index contributed by atoms with van der Waals surface area (Å²) in [4.78, 5) is 6.20. The molecule has 1 rings (SSSR count). The van der Waals surface area contributed by atoms with Gasteiger partial charge in [-0.25, -0.2) is 9.97 Å². The molecule has 0 bridgehead atoms. The molecule has 1 heterocycles. The largest absolute Gasteiger partial charge is 0.433 e. The first-order valence-electron chi connectivity index (χ1n) is 2.95. The number of hydrogen-bond acceptors (Lipinski definition) is 3. The van der Waals surface area contributed by atoms with Crippen LogP contribution in [0.15, 0.2) is 6.07 Å². The molecular formula is C6HClF3N3. The monoisotopic (exact) mass is 207 g/mol. The minimum atomic E-state index is -4.61. The maximum Gasteiger partial charge on any atom is 0.433 e. The number of nitrogens with zero attached hydrogens (tertiary/aromatic N) is 3. The Bertz CT molecular complexity index is 368. The predicted octanol–water partition coefficient (Wildman–Crippen LogP) is 2.02. The molecule has 0 unspecified atom stereocenters. The van der Waals surface area contributed by atoms with Gasteiger partial charge in [-0.05, 0) is 0 Å². The van der Waals surface area contributed by atoms with E-state index in [1.54, 1.807) is 0 Å². The molecule has 7 heteroatoms. The fraction of sp³-hybridized carbons (Fsp3) is 0.167. The molecular weight excluding hydrogens is 207 g/mol. The van der Waals surface area contributed by atoms with E-state index in [1.165, 1.54) is 6.07 Å². The third-order valence-corrected chi connectivity index (χ3v) is 1.28. The number of nitriles is 1. The van der Waals surface area contributed by atoms with E-state index in [4.69, 9.17) is 16.9 Å². The van der Waals surface area contributed by atoms with Crippen molar-refractivity contribution in [3.05, 3.63) is 22.7 Å². The van der Waals surface area contributed by atoms with E-state index in [0.717, 1.165) is 0 Å². The summed E-state index contributed by atoms with van der Waals surface area (Å²) in [6.07, 6.45) is -4.61. The van der Waals surface area contributed by atoms with Crippen molar-refractivity contribution in [1.29, 1.82) is 5.26 Å². The number of aromatic nitrogens is 2. The normalized spacial score (nSPS) is 11.0. The second kappa shape index (κ2) is 3.18. The molecule has 0 aliphatic heterocycles. The lowest BCUT2D eigenvalue weighted by molar-refractivity contribution is -0.141. The highest BCUT2D eigenvalue weighted by molar-refractivity contribution is 6.29. The molecule has 0 radical (unpaired) electrons. The number of rotatable bonds is 0. The van der Waals surface area contributed by atoms with Gasteiger partial charge in [0.25, 0.3) is 0 Å². The van der Waals surface area contributed by atoms with Crippen molar-refractivity contribution in [2.45, 2.75) is 6.18 Å². The SMILES string of the molecule is N#Cc1nc(Cl)cc(C(F)(F)F)n1. The van der Waals surface area contributed by atoms with Crippen molar-refractivity contribution in [2.75, 3.05) is 0 Å². The Kier molecular flexibility index (Phi) is 2.38. The van der Waals surface area contributed by atoms with E-state index in [9.17, 15) is 13.2 Å². The van der Waals surface area contributed by atoms with Gasteiger partial charge in [0.2, 0.25) is 5.82 Å². The topological polar surface area (TPSA) is 49.6 Å². The Morgan fingerprint density at radius 3 is 2.46 bits per heavy atom. The van der Waals surface area contributed by atoms with Crippen LogP contribution in [0.25, 0.3) is 0 Å². The molecule has 0 saturated carbocycles. The molecule has 0 atom stereocenters. The Hall–Kier alpha value is -1.35. The lowest BCUT2D eigenvalue weighted by Gasteiger charge is -2.04. The first-order chi connectivity index (χ1) is 5.93. The van der Waals surface area contributed by atoms with Crippen molar-refractivity contribution < 1.29 is 13.2 Å². The molecule has 0 amide bonds. The van der Waals surface area contributed by atoms with Gasteiger partial charge in [0.05, 0.1) is 0 Å². The zero-order valence-corrected chi connectivity index (χ0v) is 6.69. The average Bonchev–Trinajstić information content (AvgIpc) is 2.01. The van der Waals surface area contributed by atoms with Gasteiger partial charge >= 0.3 is 6.18 Å². The molecule has 0 aliphatic carbocycles. The van der Waals surface area contributed by atoms with Crippen LogP contribution in [0.3, 0.4) is 0 Å². The predicted molar refractivity (Wildman–Crippen MR) is 36.8 cm³/mol. The van der Waals surface area contributed by atoms with E-state index in [1.807, 2.05) is 0 Å². The second-order valence-corrected chi connectivity index (χ2v) is 2.40. The van der Waals surface area contributed by atoms with Crippen molar-refractivity contribution in [1.82, 2.24) is 9.97 Å². The standard InChI is InChI=1S/C6HClF3N3/c7-4-1-3(6(8,9)10)12-5(2-11)13-4/h1H. The van der Waals surface area contributed by atoms with Crippen molar-refractivity contribution in [3.63, 3.8) is 0 Å². The summed E-state index contributed by atoms with van der Waals surface area (Å²) in [5.41, 5.74) is -1.22. The van der Waals surface area contributed by atoms with Crippen LogP contribution in [-0.2, 0) is 6.18 Å². The third-order valence-electron chi connectivity index (χ3n) is 1.09. The van der Waals surface area contributed by atoms with Gasteiger partial charge in [0.1, 0.15) is 11.2 Å². The van der Waals surface area contributed by atoms with Crippen LogP contribution in [0.4, 0.5) is 13.2 Å². The average molecular weight is 208 g/mol. The molecule has 1 aromatic rings. The molecule has 0 aromatic carbocycles. The van der Waals surface area contributed by atoms with Gasteiger partial charge in [-0.2, -0.15) is 18.4 Å². The molecule has 0 N–H and O–H groups in total. The molecule has 13 heavy (non-hydrogen) atoms. The zero-order chi connectivity index (χ0) is 10.1. The van der Waals surface area contributed by atoms with Gasteiger partial charge in [-0.3, -0.25) is 0 Å². The highest BCUT2D eigenvalue weighted by Gasteiger charge is 2.33. The van der Waals surface area contributed by atoms with E-state index in [-0.39, 0.29) is 0 Å². The summed E-state index contributed by atoms with van der Waals surface area (Å²) >= 11 is 5.23. The number of hydrogen-bond donors (Lipinski definition) is 0. The van der Waals surface area contributed by atoms with Crippen LogP contribution in [0.5, 0.6) is 0 Å². The first-order valence-corrected chi connectivity index (χ1v) is 3.33. The smallest absolute Gasteiger partial charge is 0.214 e. The van der Waals surface area contributed by atoms with Crippen LogP contribution < -0.4 is 0 Å². The van der Waals surface area contributed by atoms with Gasteiger partial charge in [-0.1, -0.05) is 11.6 Å². The molecule has 68 valence electrons. The van der Waals surface area contributed by atoms with Crippen LogP contribution in [0.2, 0.25) is 5.15 Å². The van der Waals surface area contributed by atoms with Gasteiger partial charge in [0, 0.05) is 6.07 Å². The quantitative estimate of drug-likeness (QED) is 0.612. The lowest BCUT2D eigenvalue weighted by atomic mass is 10.4. The highest BCUT2D eigenvalue weighted by atomic mass is 35.5. The Labute approximate surface area is 75.8 Å². The second-order valence-electron chi connectivity index (χ2n) is 2.01. The van der Waals surface area contributed by atoms with Crippen LogP contribution in [0, 0.1) is 11.3 Å². The van der Waals surface area contributed by atoms with Crippen molar-refractivity contribution in [2.24, 2.45) is 0 Å². The lowest BCUT2D eigenvalue weighted by Crippen LogP contribution is -2.09. The van der Waals surface area contributed by atoms with E-state index in [0.29, 0.717) is 6.07 Å². The summed E-state index contributed by atoms with van der Waals surface area (Å²) in [7, 11) is 0. The fourth-order valence-corrected chi connectivity index (χ4v) is 0.796. The van der Waals surface area contributed by atoms with Crippen LogP contribution in [-0.4, -0.2) is 9.97 Å². The van der Waals surface area contributed by atoms with Gasteiger partial charge in [-0.15, -0.1) is 0 Å². The summed E-state index contributed by atoms with van der Waals surface area (Å²) in [6, 6.07) is 1.93. The van der Waals surface area contributed by atoms with Crippen molar-refractivity contribution in [3.8, 4) is 6.07 Å². The van der Waals surface area contributed by atoms with Crippen molar-refractivity contribution >= 4 is 11.6 Å². The summed E-state index contributed by atoms with van der Waals surface area (Å²) in [5.74, 6) is -0.597. The maximum absolute atomic E-state index is 12.0. The Morgan fingerprint density at radius 2 is 2.00 bits per heavy atom. The molecule has 0 fully saturated rings. The van der Waals surface area contributed by atoms with Crippen LogP contribution in [0.1, 0.15) is 11.5 Å². The van der Waals surface area contributed by atoms with Crippen LogP contribution >= 0.6 is 11.6 Å². The summed E-state index contributed by atoms with van der Waals surface area (Å²) < 4.78 is 36.1. The molecule has 1 aromatic heterocycles. The minimum absolute atomic E-state index is 0.404. The number of alkyl halides is 3. The maximum atomic E-state index is 12.0. The van der Waals surface area contributed by atoms with Gasteiger partial charge < -0.3 is 0 Å². The molecule has 0 spiro atoms. The Morgan fingerprint density at radius 1 is 1.38 bits per heavy atom. The summed E-state index contributed by atoms with van der Waals surface area (Å²) in [6.45, 7) is 0. The molecule has 0 saturated heterocycles. The summed E-state index contributed by atoms with van der Waals surface area (Å²) in [5, 5.41) is 7.85.